The average Bonchev–Trinajstić information content (AvgIpc) is 3.04. The summed E-state index contributed by atoms with van der Waals surface area (Å²) in [5.41, 5.74) is 4.59. The molecule has 2 aromatic carbocycles. The molecule has 1 saturated heterocycles. The second-order valence-electron chi connectivity index (χ2n) is 8.40. The van der Waals surface area contributed by atoms with Crippen LogP contribution in [-0.2, 0) is 9.53 Å². The van der Waals surface area contributed by atoms with Gasteiger partial charge in [0.25, 0.3) is 0 Å². The van der Waals surface area contributed by atoms with Gasteiger partial charge < -0.3 is 4.74 Å². The summed E-state index contributed by atoms with van der Waals surface area (Å²) in [6.45, 7) is 3.96. The number of benzene rings is 2. The van der Waals surface area contributed by atoms with E-state index in [-0.39, 0.29) is 12.0 Å². The molecule has 0 aliphatic carbocycles. The summed E-state index contributed by atoms with van der Waals surface area (Å²) in [4.78, 5) is 14.6. The Hall–Kier alpha value is -3.09. The van der Waals surface area contributed by atoms with E-state index in [1.165, 1.54) is 24.0 Å². The Morgan fingerprint density at radius 2 is 1.77 bits per heavy atom. The van der Waals surface area contributed by atoms with Crippen LogP contribution in [0.1, 0.15) is 31.7 Å². The van der Waals surface area contributed by atoms with Crippen LogP contribution in [0.3, 0.4) is 0 Å². The highest BCUT2D eigenvalue weighted by Crippen LogP contribution is 2.42. The third-order valence-corrected chi connectivity index (χ3v) is 6.51. The average molecular weight is 396 g/mol. The van der Waals surface area contributed by atoms with Crippen LogP contribution in [0.2, 0.25) is 0 Å². The summed E-state index contributed by atoms with van der Waals surface area (Å²) >= 11 is 0. The fourth-order valence-corrected chi connectivity index (χ4v) is 4.93. The summed E-state index contributed by atoms with van der Waals surface area (Å²) < 4.78 is 5.87. The zero-order valence-electron chi connectivity index (χ0n) is 17.2. The van der Waals surface area contributed by atoms with Gasteiger partial charge in [-0.05, 0) is 49.6 Å². The number of carbonyl (C=O) groups is 1. The minimum Gasteiger partial charge on any atom is -0.450 e. The Morgan fingerprint density at radius 3 is 2.57 bits per heavy atom. The van der Waals surface area contributed by atoms with Gasteiger partial charge in [-0.1, -0.05) is 66.8 Å². The van der Waals surface area contributed by atoms with Gasteiger partial charge in [0.15, 0.2) is 5.60 Å². The summed E-state index contributed by atoms with van der Waals surface area (Å²) in [5.74, 6) is 6.40. The molecule has 0 aromatic heterocycles. The molecule has 30 heavy (non-hydrogen) atoms. The number of ether oxygens (including phenoxy) is 1. The first kappa shape index (κ1) is 18.9. The molecule has 150 valence electrons. The first-order valence-electron chi connectivity index (χ1n) is 10.7. The van der Waals surface area contributed by atoms with Crippen LogP contribution in [0.25, 0.3) is 11.1 Å². The van der Waals surface area contributed by atoms with Crippen LogP contribution in [0.4, 0.5) is 0 Å². The molecule has 3 heteroatoms. The maximum Gasteiger partial charge on any atom is 0.332 e. The van der Waals surface area contributed by atoms with E-state index in [1.807, 2.05) is 18.2 Å². The number of hydrogen-bond donors (Lipinski definition) is 0. The number of esters is 1. The van der Waals surface area contributed by atoms with Gasteiger partial charge in [-0.25, -0.2) is 4.79 Å². The standard InChI is InChI=1S/C27H25NO2/c1-27-24(19-26(29)30-27)23(16-18-28-17-6-5-9-25(27)28)15-12-20-10-13-22(14-11-20)21-7-3-2-4-8-21/h2-4,7-8,10-11,13-14,16,19,25H,5-6,9,17-18H2,1H3/t25-,27+/m1/s1. The number of nitrogens with zero attached hydrogens (tertiary/aromatic N) is 1. The Morgan fingerprint density at radius 1 is 1.00 bits per heavy atom. The van der Waals surface area contributed by atoms with Crippen LogP contribution < -0.4 is 0 Å². The first-order valence-corrected chi connectivity index (χ1v) is 10.7. The summed E-state index contributed by atoms with van der Waals surface area (Å²) in [6, 6.07) is 18.9. The second-order valence-corrected chi connectivity index (χ2v) is 8.40. The molecular weight excluding hydrogens is 370 g/mol. The molecular formula is C27H25NO2. The molecule has 3 nitrogen and oxygen atoms in total. The largest absolute Gasteiger partial charge is 0.450 e. The van der Waals surface area contributed by atoms with Gasteiger partial charge in [-0.15, -0.1) is 0 Å². The van der Waals surface area contributed by atoms with E-state index < -0.39 is 5.60 Å². The molecule has 1 fully saturated rings. The predicted octanol–water partition coefficient (Wildman–Crippen LogP) is 4.74. The topological polar surface area (TPSA) is 29.5 Å². The SMILES string of the molecule is C[C@]12OC(=O)C=C1C(C#Cc1ccc(-c3ccccc3)cc1)=CCN1CCCC[C@@H]12. The van der Waals surface area contributed by atoms with E-state index in [2.05, 4.69) is 66.1 Å². The number of hydrogen-bond acceptors (Lipinski definition) is 3. The van der Waals surface area contributed by atoms with Crippen LogP contribution in [0.5, 0.6) is 0 Å². The van der Waals surface area contributed by atoms with Gasteiger partial charge in [-0.3, -0.25) is 4.90 Å². The van der Waals surface area contributed by atoms with Gasteiger partial charge in [0.1, 0.15) is 0 Å². The van der Waals surface area contributed by atoms with Crippen molar-refractivity contribution in [2.45, 2.75) is 37.8 Å². The highest BCUT2D eigenvalue weighted by Gasteiger charge is 2.50. The Labute approximate surface area is 178 Å². The lowest BCUT2D eigenvalue weighted by Gasteiger charge is -2.43. The zero-order valence-corrected chi connectivity index (χ0v) is 17.2. The molecule has 0 unspecified atom stereocenters. The van der Waals surface area contributed by atoms with E-state index in [0.717, 1.165) is 36.2 Å². The Bertz CT molecular complexity index is 1090. The third kappa shape index (κ3) is 3.38. The molecule has 0 N–H and O–H groups in total. The van der Waals surface area contributed by atoms with Gasteiger partial charge in [0.2, 0.25) is 0 Å². The van der Waals surface area contributed by atoms with E-state index in [0.29, 0.717) is 0 Å². The molecule has 3 aliphatic heterocycles. The molecule has 0 saturated carbocycles. The van der Waals surface area contributed by atoms with E-state index in [9.17, 15) is 4.79 Å². The van der Waals surface area contributed by atoms with E-state index in [1.54, 1.807) is 6.08 Å². The number of fused-ring (bicyclic) bond motifs is 3. The Balaban J connectivity index is 1.45. The van der Waals surface area contributed by atoms with Gasteiger partial charge in [0, 0.05) is 29.3 Å². The molecule has 3 heterocycles. The smallest absolute Gasteiger partial charge is 0.332 e. The highest BCUT2D eigenvalue weighted by atomic mass is 16.6. The molecule has 0 amide bonds. The molecule has 2 atom stereocenters. The quantitative estimate of drug-likeness (QED) is 0.516. The first-order chi connectivity index (χ1) is 14.6. The fraction of sp³-hybridized carbons (Fsp3) is 0.296. The predicted molar refractivity (Wildman–Crippen MR) is 119 cm³/mol. The van der Waals surface area contributed by atoms with Crippen molar-refractivity contribution in [2.75, 3.05) is 13.1 Å². The van der Waals surface area contributed by atoms with Crippen molar-refractivity contribution in [1.82, 2.24) is 4.90 Å². The van der Waals surface area contributed by atoms with Crippen molar-refractivity contribution >= 4 is 5.97 Å². The van der Waals surface area contributed by atoms with Crippen molar-refractivity contribution in [1.29, 1.82) is 0 Å². The lowest BCUT2D eigenvalue weighted by Crippen LogP contribution is -2.53. The van der Waals surface area contributed by atoms with Gasteiger partial charge in [-0.2, -0.15) is 0 Å². The summed E-state index contributed by atoms with van der Waals surface area (Å²) in [6.07, 6.45) is 7.25. The lowest BCUT2D eigenvalue weighted by atomic mass is 9.81. The molecule has 0 radical (unpaired) electrons. The minimum atomic E-state index is -0.605. The number of rotatable bonds is 1. The van der Waals surface area contributed by atoms with E-state index in [4.69, 9.17) is 4.74 Å². The van der Waals surface area contributed by atoms with Crippen molar-refractivity contribution in [3.63, 3.8) is 0 Å². The van der Waals surface area contributed by atoms with Crippen LogP contribution >= 0.6 is 0 Å². The van der Waals surface area contributed by atoms with Crippen LogP contribution in [0, 0.1) is 11.8 Å². The van der Waals surface area contributed by atoms with Crippen molar-refractivity contribution < 1.29 is 9.53 Å². The maximum atomic E-state index is 12.2. The van der Waals surface area contributed by atoms with E-state index >= 15 is 0 Å². The number of piperidine rings is 1. The van der Waals surface area contributed by atoms with Crippen molar-refractivity contribution in [3.8, 4) is 23.0 Å². The van der Waals surface area contributed by atoms with Crippen molar-refractivity contribution in [2.24, 2.45) is 0 Å². The maximum absolute atomic E-state index is 12.2. The molecule has 2 aromatic rings. The lowest BCUT2D eigenvalue weighted by molar-refractivity contribution is -0.150. The van der Waals surface area contributed by atoms with Gasteiger partial charge >= 0.3 is 5.97 Å². The van der Waals surface area contributed by atoms with Crippen LogP contribution in [0.15, 0.2) is 77.9 Å². The highest BCUT2D eigenvalue weighted by molar-refractivity contribution is 5.89. The second kappa shape index (κ2) is 7.63. The molecule has 3 aliphatic rings. The molecule has 0 bridgehead atoms. The van der Waals surface area contributed by atoms with Crippen molar-refractivity contribution in [3.05, 3.63) is 83.5 Å². The molecule has 5 rings (SSSR count). The molecule has 0 spiro atoms. The number of carbonyl (C=O) groups excluding carboxylic acids is 1. The summed E-state index contributed by atoms with van der Waals surface area (Å²) in [7, 11) is 0. The zero-order chi connectivity index (χ0) is 20.6. The van der Waals surface area contributed by atoms with Crippen LogP contribution in [-0.4, -0.2) is 35.6 Å². The minimum absolute atomic E-state index is 0.227. The normalized spacial score (nSPS) is 25.6. The third-order valence-electron chi connectivity index (χ3n) is 6.51. The van der Waals surface area contributed by atoms with Gasteiger partial charge in [0.05, 0.1) is 6.04 Å². The Kier molecular flexibility index (Phi) is 4.81. The monoisotopic (exact) mass is 395 g/mol. The summed E-state index contributed by atoms with van der Waals surface area (Å²) in [5, 5.41) is 0. The fourth-order valence-electron chi connectivity index (χ4n) is 4.93.